The molecule has 1 aliphatic rings. The van der Waals surface area contributed by atoms with Gasteiger partial charge in [-0.15, -0.1) is 0 Å². The second kappa shape index (κ2) is 3.95. The van der Waals surface area contributed by atoms with Crippen molar-refractivity contribution in [2.24, 2.45) is 11.8 Å². The molecule has 0 radical (unpaired) electrons. The molecule has 1 rings (SSSR count). The molecule has 0 aromatic rings. The van der Waals surface area contributed by atoms with E-state index in [1.165, 1.54) is 0 Å². The maximum absolute atomic E-state index is 9.23. The van der Waals surface area contributed by atoms with Gasteiger partial charge in [-0.2, -0.15) is 0 Å². The Morgan fingerprint density at radius 1 is 1.46 bits per heavy atom. The highest BCUT2D eigenvalue weighted by atomic mass is 16.5. The lowest BCUT2D eigenvalue weighted by atomic mass is 9.91. The molecule has 3 heteroatoms. The van der Waals surface area contributed by atoms with Crippen molar-refractivity contribution in [1.29, 1.82) is 0 Å². The zero-order valence-electron chi connectivity index (χ0n) is 8.91. The first-order valence-electron chi connectivity index (χ1n) is 4.79. The van der Waals surface area contributed by atoms with E-state index in [1.807, 2.05) is 6.92 Å². The fraction of sp³-hybridized carbons (Fsp3) is 1.00. The molecular formula is C10H20O3. The summed E-state index contributed by atoms with van der Waals surface area (Å²) in [6.07, 6.45) is 1.06. The van der Waals surface area contributed by atoms with Crippen LogP contribution in [-0.2, 0) is 9.47 Å². The van der Waals surface area contributed by atoms with Gasteiger partial charge in [0.15, 0.2) is 0 Å². The molecule has 0 aromatic heterocycles. The summed E-state index contributed by atoms with van der Waals surface area (Å²) < 4.78 is 10.9. The van der Waals surface area contributed by atoms with E-state index >= 15 is 0 Å². The number of methoxy groups -OCH3 is 2. The summed E-state index contributed by atoms with van der Waals surface area (Å²) in [7, 11) is 3.39. The lowest BCUT2D eigenvalue weighted by molar-refractivity contribution is -0.124. The van der Waals surface area contributed by atoms with Crippen molar-refractivity contribution in [3.63, 3.8) is 0 Å². The number of hydrogen-bond acceptors (Lipinski definition) is 3. The molecule has 4 atom stereocenters. The molecule has 0 aromatic carbocycles. The molecule has 0 aliphatic heterocycles. The summed E-state index contributed by atoms with van der Waals surface area (Å²) in [6.45, 7) is 4.33. The lowest BCUT2D eigenvalue weighted by Crippen LogP contribution is -2.45. The fourth-order valence-electron chi connectivity index (χ4n) is 2.61. The molecule has 3 nitrogen and oxygen atoms in total. The highest BCUT2D eigenvalue weighted by molar-refractivity contribution is 5.01. The minimum atomic E-state index is -0.330. The van der Waals surface area contributed by atoms with Crippen LogP contribution in [0.2, 0.25) is 0 Å². The Labute approximate surface area is 80.0 Å². The molecule has 0 spiro atoms. The van der Waals surface area contributed by atoms with Crippen molar-refractivity contribution >= 4 is 0 Å². The third-order valence-electron chi connectivity index (χ3n) is 3.46. The van der Waals surface area contributed by atoms with Crippen molar-refractivity contribution < 1.29 is 14.6 Å². The first kappa shape index (κ1) is 11.0. The summed E-state index contributed by atoms with van der Waals surface area (Å²) in [5.74, 6) is 0.643. The molecule has 1 saturated carbocycles. The minimum Gasteiger partial charge on any atom is -0.396 e. The van der Waals surface area contributed by atoms with E-state index in [0.717, 1.165) is 6.42 Å². The van der Waals surface area contributed by atoms with Gasteiger partial charge in [0.05, 0.1) is 11.7 Å². The van der Waals surface area contributed by atoms with E-state index < -0.39 is 0 Å². The summed E-state index contributed by atoms with van der Waals surface area (Å²) in [4.78, 5) is 0. The summed E-state index contributed by atoms with van der Waals surface area (Å²) in [5, 5.41) is 9.23. The van der Waals surface area contributed by atoms with Gasteiger partial charge in [0.1, 0.15) is 0 Å². The van der Waals surface area contributed by atoms with E-state index in [0.29, 0.717) is 5.92 Å². The van der Waals surface area contributed by atoms with Gasteiger partial charge in [0, 0.05) is 26.7 Å². The molecule has 0 heterocycles. The van der Waals surface area contributed by atoms with Crippen molar-refractivity contribution in [2.75, 3.05) is 20.8 Å². The van der Waals surface area contributed by atoms with Gasteiger partial charge >= 0.3 is 0 Å². The van der Waals surface area contributed by atoms with Gasteiger partial charge in [-0.25, -0.2) is 0 Å². The van der Waals surface area contributed by atoms with Crippen LogP contribution in [0.15, 0.2) is 0 Å². The molecule has 0 bridgehead atoms. The largest absolute Gasteiger partial charge is 0.396 e. The van der Waals surface area contributed by atoms with Gasteiger partial charge in [-0.05, 0) is 19.3 Å². The highest BCUT2D eigenvalue weighted by Gasteiger charge is 2.51. The average molecular weight is 188 g/mol. The lowest BCUT2D eigenvalue weighted by Gasteiger charge is -2.34. The second-order valence-electron chi connectivity index (χ2n) is 4.14. The van der Waals surface area contributed by atoms with Crippen molar-refractivity contribution in [3.8, 4) is 0 Å². The van der Waals surface area contributed by atoms with Crippen LogP contribution in [0.1, 0.15) is 20.3 Å². The van der Waals surface area contributed by atoms with Crippen LogP contribution in [0.3, 0.4) is 0 Å². The first-order valence-corrected chi connectivity index (χ1v) is 4.79. The Morgan fingerprint density at radius 2 is 2.08 bits per heavy atom. The Bertz CT molecular complexity index is 172. The molecule has 0 saturated heterocycles. The SMILES string of the molecule is CO[C@H]1[C@H](C)C[C@@H](CO)[C@@]1(C)OC. The predicted octanol–water partition coefficient (Wildman–Crippen LogP) is 1.05. The van der Waals surface area contributed by atoms with E-state index in [2.05, 4.69) is 6.92 Å². The number of ether oxygens (including phenoxy) is 2. The average Bonchev–Trinajstić information content (AvgIpc) is 2.38. The van der Waals surface area contributed by atoms with Crippen LogP contribution in [-0.4, -0.2) is 37.6 Å². The summed E-state index contributed by atoms with van der Waals surface area (Å²) >= 11 is 0. The van der Waals surface area contributed by atoms with Crippen molar-refractivity contribution in [2.45, 2.75) is 32.0 Å². The van der Waals surface area contributed by atoms with E-state index in [-0.39, 0.29) is 24.2 Å². The van der Waals surface area contributed by atoms with Crippen LogP contribution in [0.4, 0.5) is 0 Å². The van der Waals surface area contributed by atoms with Gasteiger partial charge in [-0.1, -0.05) is 6.92 Å². The van der Waals surface area contributed by atoms with Gasteiger partial charge in [0.25, 0.3) is 0 Å². The van der Waals surface area contributed by atoms with Crippen LogP contribution in [0.25, 0.3) is 0 Å². The number of aliphatic hydroxyl groups is 1. The zero-order valence-corrected chi connectivity index (χ0v) is 8.91. The summed E-state index contributed by atoms with van der Waals surface area (Å²) in [6, 6.07) is 0. The predicted molar refractivity (Wildman–Crippen MR) is 50.6 cm³/mol. The third-order valence-corrected chi connectivity index (χ3v) is 3.46. The van der Waals surface area contributed by atoms with Crippen molar-refractivity contribution in [3.05, 3.63) is 0 Å². The fourth-order valence-corrected chi connectivity index (χ4v) is 2.61. The molecule has 0 unspecified atom stereocenters. The second-order valence-corrected chi connectivity index (χ2v) is 4.14. The van der Waals surface area contributed by atoms with Crippen molar-refractivity contribution in [1.82, 2.24) is 0 Å². The molecule has 13 heavy (non-hydrogen) atoms. The summed E-state index contributed by atoms with van der Waals surface area (Å²) in [5.41, 5.74) is -0.330. The van der Waals surface area contributed by atoms with Crippen LogP contribution < -0.4 is 0 Å². The molecule has 1 N–H and O–H groups in total. The van der Waals surface area contributed by atoms with Gasteiger partial charge in [-0.3, -0.25) is 0 Å². The van der Waals surface area contributed by atoms with E-state index in [1.54, 1.807) is 14.2 Å². The van der Waals surface area contributed by atoms with Crippen LogP contribution >= 0.6 is 0 Å². The van der Waals surface area contributed by atoms with Crippen LogP contribution in [0.5, 0.6) is 0 Å². The number of rotatable bonds is 3. The number of hydrogen-bond donors (Lipinski definition) is 1. The maximum atomic E-state index is 9.23. The Morgan fingerprint density at radius 3 is 2.46 bits per heavy atom. The quantitative estimate of drug-likeness (QED) is 0.719. The smallest absolute Gasteiger partial charge is 0.0963 e. The minimum absolute atomic E-state index is 0.0923. The Hall–Kier alpha value is -0.120. The Kier molecular flexibility index (Phi) is 3.33. The Balaban J connectivity index is 2.84. The molecule has 1 fully saturated rings. The van der Waals surface area contributed by atoms with Gasteiger partial charge in [0.2, 0.25) is 0 Å². The first-order chi connectivity index (χ1) is 6.10. The third kappa shape index (κ3) is 1.60. The molecule has 0 amide bonds. The molecule has 1 aliphatic carbocycles. The molecule has 78 valence electrons. The normalized spacial score (nSPS) is 45.5. The monoisotopic (exact) mass is 188 g/mol. The highest BCUT2D eigenvalue weighted by Crippen LogP contribution is 2.43. The van der Waals surface area contributed by atoms with E-state index in [4.69, 9.17) is 9.47 Å². The van der Waals surface area contributed by atoms with E-state index in [9.17, 15) is 5.11 Å². The number of aliphatic hydroxyl groups excluding tert-OH is 1. The maximum Gasteiger partial charge on any atom is 0.0963 e. The topological polar surface area (TPSA) is 38.7 Å². The molecular weight excluding hydrogens is 168 g/mol. The van der Waals surface area contributed by atoms with Gasteiger partial charge < -0.3 is 14.6 Å². The van der Waals surface area contributed by atoms with Crippen LogP contribution in [0, 0.1) is 11.8 Å². The zero-order chi connectivity index (χ0) is 10.1. The standard InChI is InChI=1S/C10H20O3/c1-7-5-8(6-11)10(2,13-4)9(7)12-3/h7-9,11H,5-6H2,1-4H3/t7-,8+,9+,10-/m1/s1.